The third-order valence-corrected chi connectivity index (χ3v) is 5.92. The van der Waals surface area contributed by atoms with Crippen molar-refractivity contribution in [3.05, 3.63) is 75.2 Å². The second-order valence-corrected chi connectivity index (χ2v) is 8.35. The Kier molecular flexibility index (Phi) is 5.77. The molecule has 3 aromatic rings. The summed E-state index contributed by atoms with van der Waals surface area (Å²) in [6.45, 7) is 2.85. The first kappa shape index (κ1) is 20.7. The van der Waals surface area contributed by atoms with E-state index in [4.69, 9.17) is 0 Å². The van der Waals surface area contributed by atoms with Crippen LogP contribution in [0.2, 0.25) is 0 Å². The molecule has 9 heteroatoms. The zero-order valence-electron chi connectivity index (χ0n) is 16.8. The maximum absolute atomic E-state index is 12.7. The van der Waals surface area contributed by atoms with E-state index in [2.05, 4.69) is 10.3 Å². The van der Waals surface area contributed by atoms with Gasteiger partial charge in [0, 0.05) is 42.6 Å². The normalized spacial score (nSPS) is 15.8. The number of thiazole rings is 1. The van der Waals surface area contributed by atoms with Gasteiger partial charge in [-0.15, -0.1) is 11.3 Å². The number of nitro benzene ring substituents is 1. The van der Waals surface area contributed by atoms with Crippen molar-refractivity contribution in [2.45, 2.75) is 19.9 Å². The quantitative estimate of drug-likeness (QED) is 0.464. The highest BCUT2D eigenvalue weighted by molar-refractivity contribution is 7.14. The lowest BCUT2D eigenvalue weighted by atomic mass is 10.1. The molecule has 2 amide bonds. The molecule has 4 rings (SSSR count). The molecule has 2 heterocycles. The number of amides is 2. The number of nitrogens with one attached hydrogen (secondary N) is 1. The van der Waals surface area contributed by atoms with E-state index in [1.165, 1.54) is 23.5 Å². The summed E-state index contributed by atoms with van der Waals surface area (Å²) in [4.78, 5) is 41.6. The average Bonchev–Trinajstić information content (AvgIpc) is 3.37. The number of carbonyl (C=O) groups excluding carboxylic acids is 2. The number of hydrogen-bond donors (Lipinski definition) is 1. The lowest BCUT2D eigenvalue weighted by Crippen LogP contribution is -2.28. The van der Waals surface area contributed by atoms with Crippen molar-refractivity contribution in [3.8, 4) is 11.3 Å². The Bertz CT molecular complexity index is 1140. The molecule has 1 N–H and O–H groups in total. The first-order valence-electron chi connectivity index (χ1n) is 9.73. The number of nitrogens with zero attached hydrogens (tertiary/aromatic N) is 3. The molecular weight excluding hydrogens is 416 g/mol. The van der Waals surface area contributed by atoms with Crippen molar-refractivity contribution in [1.29, 1.82) is 0 Å². The van der Waals surface area contributed by atoms with Crippen LogP contribution in [0.3, 0.4) is 0 Å². The van der Waals surface area contributed by atoms with Crippen LogP contribution in [-0.4, -0.2) is 33.2 Å². The highest BCUT2D eigenvalue weighted by Crippen LogP contribution is 2.28. The van der Waals surface area contributed by atoms with Crippen LogP contribution in [0.5, 0.6) is 0 Å². The van der Waals surface area contributed by atoms with Crippen LogP contribution in [0.15, 0.2) is 53.9 Å². The van der Waals surface area contributed by atoms with E-state index < -0.39 is 10.8 Å². The van der Waals surface area contributed by atoms with E-state index in [1.807, 2.05) is 31.2 Å². The Labute approximate surface area is 182 Å². The SMILES string of the molecule is Cc1ccc(CN2CC(C(=O)Nc3nc(-c4cccc([N+](=O)[O-])c4)cs3)CC2=O)cc1. The monoisotopic (exact) mass is 436 g/mol. The van der Waals surface area contributed by atoms with Crippen LogP contribution in [0, 0.1) is 23.0 Å². The summed E-state index contributed by atoms with van der Waals surface area (Å²) in [7, 11) is 0. The Morgan fingerprint density at radius 2 is 2.06 bits per heavy atom. The molecule has 31 heavy (non-hydrogen) atoms. The minimum absolute atomic E-state index is 0.0192. The second kappa shape index (κ2) is 8.65. The Hall–Kier alpha value is -3.59. The molecule has 0 aliphatic carbocycles. The van der Waals surface area contributed by atoms with Crippen molar-refractivity contribution in [3.63, 3.8) is 0 Å². The molecule has 0 radical (unpaired) electrons. The van der Waals surface area contributed by atoms with Gasteiger partial charge in [-0.1, -0.05) is 42.0 Å². The molecule has 2 aromatic carbocycles. The van der Waals surface area contributed by atoms with Gasteiger partial charge in [0.15, 0.2) is 5.13 Å². The van der Waals surface area contributed by atoms with Gasteiger partial charge in [0.2, 0.25) is 11.8 Å². The number of nitro groups is 1. The van der Waals surface area contributed by atoms with Gasteiger partial charge in [0.1, 0.15) is 0 Å². The molecule has 8 nitrogen and oxygen atoms in total. The highest BCUT2D eigenvalue weighted by Gasteiger charge is 2.34. The fraction of sp³-hybridized carbons (Fsp3) is 0.227. The van der Waals surface area contributed by atoms with Crippen LogP contribution in [0.25, 0.3) is 11.3 Å². The molecule has 0 spiro atoms. The summed E-state index contributed by atoms with van der Waals surface area (Å²) in [6.07, 6.45) is 0.167. The van der Waals surface area contributed by atoms with E-state index in [0.717, 1.165) is 11.1 Å². The molecule has 1 saturated heterocycles. The lowest BCUT2D eigenvalue weighted by molar-refractivity contribution is -0.384. The molecule has 0 saturated carbocycles. The molecule has 1 aromatic heterocycles. The zero-order chi connectivity index (χ0) is 22.0. The smallest absolute Gasteiger partial charge is 0.270 e. The number of anilines is 1. The summed E-state index contributed by atoms with van der Waals surface area (Å²) in [5.41, 5.74) is 3.32. The van der Waals surface area contributed by atoms with Gasteiger partial charge >= 0.3 is 0 Å². The average molecular weight is 436 g/mol. The molecule has 1 unspecified atom stereocenters. The molecule has 1 aliphatic rings. The second-order valence-electron chi connectivity index (χ2n) is 7.50. The maximum Gasteiger partial charge on any atom is 0.270 e. The first-order chi connectivity index (χ1) is 14.9. The van der Waals surface area contributed by atoms with E-state index in [1.54, 1.807) is 22.4 Å². The number of carbonyl (C=O) groups is 2. The number of rotatable bonds is 6. The molecule has 1 aliphatic heterocycles. The Balaban J connectivity index is 1.39. The Morgan fingerprint density at radius 1 is 1.29 bits per heavy atom. The predicted octanol–water partition coefficient (Wildman–Crippen LogP) is 4.01. The number of aromatic nitrogens is 1. The molecule has 1 fully saturated rings. The van der Waals surface area contributed by atoms with E-state index in [0.29, 0.717) is 29.5 Å². The van der Waals surface area contributed by atoms with E-state index in [9.17, 15) is 19.7 Å². The van der Waals surface area contributed by atoms with Gasteiger partial charge in [-0.2, -0.15) is 0 Å². The lowest BCUT2D eigenvalue weighted by Gasteiger charge is -2.16. The van der Waals surface area contributed by atoms with Gasteiger partial charge in [-0.05, 0) is 12.5 Å². The highest BCUT2D eigenvalue weighted by atomic mass is 32.1. The largest absolute Gasteiger partial charge is 0.338 e. The van der Waals surface area contributed by atoms with Crippen LogP contribution < -0.4 is 5.32 Å². The van der Waals surface area contributed by atoms with Crippen LogP contribution in [0.4, 0.5) is 10.8 Å². The summed E-state index contributed by atoms with van der Waals surface area (Å²) < 4.78 is 0. The van der Waals surface area contributed by atoms with Gasteiger partial charge in [-0.3, -0.25) is 19.7 Å². The van der Waals surface area contributed by atoms with Crippen molar-refractivity contribution in [2.24, 2.45) is 5.92 Å². The fourth-order valence-corrected chi connectivity index (χ4v) is 4.19. The number of non-ortho nitro benzene ring substituents is 1. The summed E-state index contributed by atoms with van der Waals surface area (Å²) in [5, 5.41) is 15.9. The summed E-state index contributed by atoms with van der Waals surface area (Å²) in [5.74, 6) is -0.736. The molecule has 0 bridgehead atoms. The minimum Gasteiger partial charge on any atom is -0.338 e. The van der Waals surface area contributed by atoms with E-state index in [-0.39, 0.29) is 23.9 Å². The van der Waals surface area contributed by atoms with Crippen molar-refractivity contribution in [1.82, 2.24) is 9.88 Å². The topological polar surface area (TPSA) is 105 Å². The molecule has 158 valence electrons. The Morgan fingerprint density at radius 3 is 2.81 bits per heavy atom. The van der Waals surface area contributed by atoms with Crippen LogP contribution >= 0.6 is 11.3 Å². The van der Waals surface area contributed by atoms with Crippen molar-refractivity contribution in [2.75, 3.05) is 11.9 Å². The summed E-state index contributed by atoms with van der Waals surface area (Å²) in [6, 6.07) is 14.2. The van der Waals surface area contributed by atoms with Crippen molar-refractivity contribution >= 4 is 34.0 Å². The zero-order valence-corrected chi connectivity index (χ0v) is 17.6. The molecule has 1 atom stereocenters. The van der Waals surface area contributed by atoms with E-state index >= 15 is 0 Å². The summed E-state index contributed by atoms with van der Waals surface area (Å²) >= 11 is 1.24. The minimum atomic E-state index is -0.460. The fourth-order valence-electron chi connectivity index (χ4n) is 3.46. The van der Waals surface area contributed by atoms with Gasteiger partial charge in [0.25, 0.3) is 5.69 Å². The van der Waals surface area contributed by atoms with Gasteiger partial charge < -0.3 is 10.2 Å². The first-order valence-corrected chi connectivity index (χ1v) is 10.6. The standard InChI is InChI=1S/C22H20N4O4S/c1-14-5-7-15(8-6-14)11-25-12-17(10-20(25)27)21(28)24-22-23-19(13-31-22)16-3-2-4-18(9-16)26(29)30/h2-9,13,17H,10-12H2,1H3,(H,23,24,28). The third-order valence-electron chi connectivity index (χ3n) is 5.17. The number of likely N-dealkylation sites (tertiary alicyclic amines) is 1. The number of aryl methyl sites for hydroxylation is 1. The number of hydrogen-bond acceptors (Lipinski definition) is 6. The van der Waals surface area contributed by atoms with Crippen LogP contribution in [0.1, 0.15) is 17.5 Å². The van der Waals surface area contributed by atoms with Crippen molar-refractivity contribution < 1.29 is 14.5 Å². The van der Waals surface area contributed by atoms with Crippen LogP contribution in [-0.2, 0) is 16.1 Å². The third kappa shape index (κ3) is 4.77. The molecular formula is C22H20N4O4S. The maximum atomic E-state index is 12.7. The predicted molar refractivity (Wildman–Crippen MR) is 118 cm³/mol. The van der Waals surface area contributed by atoms with Gasteiger partial charge in [-0.25, -0.2) is 4.98 Å². The number of benzene rings is 2. The van der Waals surface area contributed by atoms with Gasteiger partial charge in [0.05, 0.1) is 16.5 Å².